The van der Waals surface area contributed by atoms with Gasteiger partial charge in [0.15, 0.2) is 0 Å². The van der Waals surface area contributed by atoms with Crippen molar-refractivity contribution in [2.75, 3.05) is 13.1 Å². The van der Waals surface area contributed by atoms with E-state index in [4.69, 9.17) is 0 Å². The number of nitrogens with one attached hydrogen (secondary N) is 1. The predicted octanol–water partition coefficient (Wildman–Crippen LogP) is 4.91. The second-order valence-corrected chi connectivity index (χ2v) is 7.13. The minimum atomic E-state index is 0.668. The van der Waals surface area contributed by atoms with Crippen LogP contribution in [0.3, 0.4) is 0 Å². The van der Waals surface area contributed by atoms with Crippen molar-refractivity contribution in [1.29, 1.82) is 0 Å². The summed E-state index contributed by atoms with van der Waals surface area (Å²) in [6.07, 6.45) is 3.51. The van der Waals surface area contributed by atoms with E-state index in [0.717, 1.165) is 24.0 Å². The molecule has 3 heteroatoms. The van der Waals surface area contributed by atoms with E-state index in [1.165, 1.54) is 23.3 Å². The third-order valence-electron chi connectivity index (χ3n) is 3.37. The lowest BCUT2D eigenvalue weighted by atomic mass is 9.95. The van der Waals surface area contributed by atoms with Crippen molar-refractivity contribution in [3.8, 4) is 0 Å². The van der Waals surface area contributed by atoms with Crippen LogP contribution in [0.1, 0.15) is 23.8 Å². The van der Waals surface area contributed by atoms with E-state index in [9.17, 15) is 0 Å². The first-order valence-corrected chi connectivity index (χ1v) is 8.92. The number of hydrogen-bond acceptors (Lipinski definition) is 2. The molecular formula is C17H22BrNS. The minimum absolute atomic E-state index is 0.668. The molecule has 20 heavy (non-hydrogen) atoms. The van der Waals surface area contributed by atoms with Gasteiger partial charge in [0.2, 0.25) is 0 Å². The summed E-state index contributed by atoms with van der Waals surface area (Å²) in [5.41, 5.74) is 1.42. The fourth-order valence-electron chi connectivity index (χ4n) is 2.37. The first-order chi connectivity index (χ1) is 9.78. The highest BCUT2D eigenvalue weighted by molar-refractivity contribution is 9.10. The van der Waals surface area contributed by atoms with Gasteiger partial charge in [0.1, 0.15) is 0 Å². The van der Waals surface area contributed by atoms with Crippen LogP contribution in [-0.4, -0.2) is 13.1 Å². The highest BCUT2D eigenvalue weighted by atomic mass is 79.9. The molecule has 1 nitrogen and oxygen atoms in total. The molecule has 2 rings (SSSR count). The first kappa shape index (κ1) is 15.7. The monoisotopic (exact) mass is 351 g/mol. The molecule has 1 unspecified atom stereocenters. The maximum atomic E-state index is 3.57. The maximum Gasteiger partial charge on any atom is 0.0175 e. The minimum Gasteiger partial charge on any atom is -0.316 e. The Bertz CT molecular complexity index is 478. The smallest absolute Gasteiger partial charge is 0.0175 e. The Morgan fingerprint density at radius 1 is 1.15 bits per heavy atom. The summed E-state index contributed by atoms with van der Waals surface area (Å²) in [6, 6.07) is 13.1. The van der Waals surface area contributed by atoms with Gasteiger partial charge >= 0.3 is 0 Å². The van der Waals surface area contributed by atoms with Crippen molar-refractivity contribution in [1.82, 2.24) is 5.32 Å². The summed E-state index contributed by atoms with van der Waals surface area (Å²) in [4.78, 5) is 1.49. The van der Waals surface area contributed by atoms with Crippen LogP contribution in [0, 0.1) is 5.92 Å². The van der Waals surface area contributed by atoms with Gasteiger partial charge in [-0.25, -0.2) is 0 Å². The molecule has 2 aromatic rings. The molecule has 0 aliphatic heterocycles. The number of thiophene rings is 1. The Morgan fingerprint density at radius 2 is 1.95 bits per heavy atom. The van der Waals surface area contributed by atoms with Gasteiger partial charge in [-0.3, -0.25) is 0 Å². The van der Waals surface area contributed by atoms with E-state index < -0.39 is 0 Å². The SMILES string of the molecule is CCCNCC(Cc1ccc(Br)cc1)Cc1cccs1. The summed E-state index contributed by atoms with van der Waals surface area (Å²) in [5, 5.41) is 5.75. The standard InChI is InChI=1S/C17H22BrNS/c1-2-9-19-13-15(12-17-4-3-10-20-17)11-14-5-7-16(18)8-6-14/h3-8,10,15,19H,2,9,11-13H2,1H3. The predicted molar refractivity (Wildman–Crippen MR) is 92.5 cm³/mol. The number of rotatable bonds is 8. The van der Waals surface area contributed by atoms with Crippen molar-refractivity contribution >= 4 is 27.3 Å². The van der Waals surface area contributed by atoms with Gasteiger partial charge in [0.05, 0.1) is 0 Å². The second-order valence-electron chi connectivity index (χ2n) is 5.18. The van der Waals surface area contributed by atoms with Crippen LogP contribution in [-0.2, 0) is 12.8 Å². The molecule has 1 N–H and O–H groups in total. The van der Waals surface area contributed by atoms with Crippen LogP contribution in [0.4, 0.5) is 0 Å². The zero-order valence-electron chi connectivity index (χ0n) is 11.9. The molecule has 0 spiro atoms. The number of benzene rings is 1. The van der Waals surface area contributed by atoms with Crippen molar-refractivity contribution < 1.29 is 0 Å². The van der Waals surface area contributed by atoms with Gasteiger partial charge in [-0.2, -0.15) is 0 Å². The Hall–Kier alpha value is -0.640. The molecule has 1 aromatic heterocycles. The number of hydrogen-bond donors (Lipinski definition) is 1. The van der Waals surface area contributed by atoms with E-state index in [1.54, 1.807) is 0 Å². The van der Waals surface area contributed by atoms with Crippen LogP contribution >= 0.6 is 27.3 Å². The molecule has 0 radical (unpaired) electrons. The van der Waals surface area contributed by atoms with Crippen molar-refractivity contribution in [3.63, 3.8) is 0 Å². The fraction of sp³-hybridized carbons (Fsp3) is 0.412. The Balaban J connectivity index is 1.95. The Morgan fingerprint density at radius 3 is 2.60 bits per heavy atom. The van der Waals surface area contributed by atoms with E-state index >= 15 is 0 Å². The molecule has 0 aliphatic rings. The van der Waals surface area contributed by atoms with Crippen LogP contribution in [0.2, 0.25) is 0 Å². The molecule has 0 bridgehead atoms. The van der Waals surface area contributed by atoms with Crippen molar-refractivity contribution in [3.05, 3.63) is 56.7 Å². The summed E-state index contributed by atoms with van der Waals surface area (Å²) in [5.74, 6) is 0.668. The highest BCUT2D eigenvalue weighted by Gasteiger charge is 2.11. The molecule has 0 saturated heterocycles. The topological polar surface area (TPSA) is 12.0 Å². The zero-order chi connectivity index (χ0) is 14.2. The first-order valence-electron chi connectivity index (χ1n) is 7.25. The molecule has 1 heterocycles. The molecule has 0 aliphatic carbocycles. The van der Waals surface area contributed by atoms with E-state index in [2.05, 4.69) is 69.9 Å². The maximum absolute atomic E-state index is 3.57. The molecule has 1 aromatic carbocycles. The molecule has 0 amide bonds. The highest BCUT2D eigenvalue weighted by Crippen LogP contribution is 2.19. The fourth-order valence-corrected chi connectivity index (χ4v) is 3.45. The summed E-state index contributed by atoms with van der Waals surface area (Å²) in [7, 11) is 0. The van der Waals surface area contributed by atoms with Crippen molar-refractivity contribution in [2.24, 2.45) is 5.92 Å². The van der Waals surface area contributed by atoms with Crippen molar-refractivity contribution in [2.45, 2.75) is 26.2 Å². The van der Waals surface area contributed by atoms with Crippen LogP contribution in [0.15, 0.2) is 46.3 Å². The van der Waals surface area contributed by atoms with Crippen LogP contribution < -0.4 is 5.32 Å². The molecule has 0 fully saturated rings. The van der Waals surface area contributed by atoms with E-state index in [0.29, 0.717) is 5.92 Å². The molecule has 0 saturated carbocycles. The summed E-state index contributed by atoms with van der Waals surface area (Å²) >= 11 is 5.37. The summed E-state index contributed by atoms with van der Waals surface area (Å²) in [6.45, 7) is 4.43. The molecule has 1 atom stereocenters. The Kier molecular flexibility index (Phi) is 6.77. The lowest BCUT2D eigenvalue weighted by Crippen LogP contribution is -2.26. The van der Waals surface area contributed by atoms with Crippen LogP contribution in [0.5, 0.6) is 0 Å². The van der Waals surface area contributed by atoms with E-state index in [1.807, 2.05) is 11.3 Å². The quantitative estimate of drug-likeness (QED) is 0.666. The normalized spacial score (nSPS) is 12.5. The average Bonchev–Trinajstić information content (AvgIpc) is 2.94. The lowest BCUT2D eigenvalue weighted by molar-refractivity contribution is 0.473. The Labute approximate surface area is 134 Å². The largest absolute Gasteiger partial charge is 0.316 e. The lowest BCUT2D eigenvalue weighted by Gasteiger charge is -2.17. The second kappa shape index (κ2) is 8.60. The summed E-state index contributed by atoms with van der Waals surface area (Å²) < 4.78 is 1.15. The average molecular weight is 352 g/mol. The van der Waals surface area contributed by atoms with Gasteiger partial charge in [-0.1, -0.05) is 41.1 Å². The van der Waals surface area contributed by atoms with Gasteiger partial charge in [0, 0.05) is 9.35 Å². The van der Waals surface area contributed by atoms with E-state index in [-0.39, 0.29) is 0 Å². The molecular weight excluding hydrogens is 330 g/mol. The van der Waals surface area contributed by atoms with Crippen LogP contribution in [0.25, 0.3) is 0 Å². The van der Waals surface area contributed by atoms with Gasteiger partial charge in [-0.15, -0.1) is 11.3 Å². The third kappa shape index (κ3) is 5.39. The van der Waals surface area contributed by atoms with Gasteiger partial charge < -0.3 is 5.32 Å². The third-order valence-corrected chi connectivity index (χ3v) is 4.79. The number of halogens is 1. The zero-order valence-corrected chi connectivity index (χ0v) is 14.3. The van der Waals surface area contributed by atoms with Gasteiger partial charge in [0.25, 0.3) is 0 Å². The molecule has 108 valence electrons. The van der Waals surface area contributed by atoms with Gasteiger partial charge in [-0.05, 0) is 67.4 Å².